The van der Waals surface area contributed by atoms with Gasteiger partial charge in [-0.1, -0.05) is 39.0 Å². The third-order valence-electron chi connectivity index (χ3n) is 5.97. The van der Waals surface area contributed by atoms with Gasteiger partial charge in [-0.25, -0.2) is 9.97 Å². The number of carbonyl (C=O) groups excluding carboxylic acids is 1. The molecule has 0 bridgehead atoms. The molecule has 34 heavy (non-hydrogen) atoms. The molecule has 1 N–H and O–H groups in total. The van der Waals surface area contributed by atoms with Crippen molar-refractivity contribution in [3.63, 3.8) is 0 Å². The molecule has 2 aromatic carbocycles. The molecule has 0 saturated heterocycles. The van der Waals surface area contributed by atoms with Crippen molar-refractivity contribution in [3.05, 3.63) is 107 Å². The van der Waals surface area contributed by atoms with Crippen LogP contribution in [0.25, 0.3) is 11.3 Å². The number of nitrogens with one attached hydrogen (secondary N) is 1. The Morgan fingerprint density at radius 1 is 0.971 bits per heavy atom. The van der Waals surface area contributed by atoms with Crippen molar-refractivity contribution in [2.45, 2.75) is 46.5 Å². The number of hydrogen-bond acceptors (Lipinski definition) is 4. The normalized spacial score (nSPS) is 11.0. The van der Waals surface area contributed by atoms with Crippen LogP contribution in [0.5, 0.6) is 0 Å². The number of rotatable bonds is 7. The number of aryl methyl sites for hydroxylation is 2. The number of hydrogen-bond donors (Lipinski definition) is 1. The standard InChI is InChI=1S/C29H30N4O/c1-5-28-31-15-13-26(33-28)25-10-7-14-30-27(25)18-23-16-22(12-11-20(23)4)29(34)32-24-9-6-8-21(17-24)19(2)3/h6-17,19H,5,18H2,1-4H3,(H,32,34). The Morgan fingerprint density at radius 3 is 2.62 bits per heavy atom. The number of anilines is 1. The van der Waals surface area contributed by atoms with Gasteiger partial charge in [-0.15, -0.1) is 0 Å². The molecule has 0 atom stereocenters. The van der Waals surface area contributed by atoms with Gasteiger partial charge in [0.05, 0.1) is 11.4 Å². The molecule has 2 aromatic heterocycles. The summed E-state index contributed by atoms with van der Waals surface area (Å²) in [6.45, 7) is 8.39. The van der Waals surface area contributed by atoms with E-state index in [1.54, 1.807) is 12.4 Å². The first kappa shape index (κ1) is 23.3. The minimum atomic E-state index is -0.119. The summed E-state index contributed by atoms with van der Waals surface area (Å²) in [5.74, 6) is 1.09. The SMILES string of the molecule is CCc1nccc(-c2cccnc2Cc2cc(C(=O)Nc3cccc(C(C)C)c3)ccc2C)n1. The molecule has 2 heterocycles. The molecule has 0 fully saturated rings. The first-order valence-corrected chi connectivity index (χ1v) is 11.7. The lowest BCUT2D eigenvalue weighted by atomic mass is 9.97. The van der Waals surface area contributed by atoms with Gasteiger partial charge in [0.15, 0.2) is 0 Å². The van der Waals surface area contributed by atoms with Gasteiger partial charge in [0, 0.05) is 42.0 Å². The lowest BCUT2D eigenvalue weighted by Crippen LogP contribution is -2.13. The van der Waals surface area contributed by atoms with Crippen molar-refractivity contribution in [2.24, 2.45) is 0 Å². The number of benzene rings is 2. The highest BCUT2D eigenvalue weighted by Gasteiger charge is 2.14. The maximum absolute atomic E-state index is 13.0. The number of amides is 1. The van der Waals surface area contributed by atoms with Crippen molar-refractivity contribution in [3.8, 4) is 11.3 Å². The lowest BCUT2D eigenvalue weighted by molar-refractivity contribution is 0.102. The Bertz CT molecular complexity index is 1310. The molecular formula is C29H30N4O. The van der Waals surface area contributed by atoms with Crippen LogP contribution < -0.4 is 5.32 Å². The van der Waals surface area contributed by atoms with Gasteiger partial charge in [-0.05, 0) is 72.0 Å². The smallest absolute Gasteiger partial charge is 0.255 e. The quantitative estimate of drug-likeness (QED) is 0.355. The van der Waals surface area contributed by atoms with E-state index >= 15 is 0 Å². The van der Waals surface area contributed by atoms with Gasteiger partial charge < -0.3 is 5.32 Å². The molecule has 172 valence electrons. The minimum absolute atomic E-state index is 0.119. The first-order chi connectivity index (χ1) is 16.4. The monoisotopic (exact) mass is 450 g/mol. The molecule has 0 saturated carbocycles. The second kappa shape index (κ2) is 10.4. The number of pyridine rings is 1. The Balaban J connectivity index is 1.60. The Labute approximate surface area is 201 Å². The average Bonchev–Trinajstić information content (AvgIpc) is 2.86. The van der Waals surface area contributed by atoms with Gasteiger partial charge in [-0.2, -0.15) is 0 Å². The number of carbonyl (C=O) groups is 1. The highest BCUT2D eigenvalue weighted by Crippen LogP contribution is 2.25. The van der Waals surface area contributed by atoms with E-state index in [9.17, 15) is 4.79 Å². The van der Waals surface area contributed by atoms with Crippen LogP contribution >= 0.6 is 0 Å². The van der Waals surface area contributed by atoms with Crippen LogP contribution in [-0.2, 0) is 12.8 Å². The summed E-state index contributed by atoms with van der Waals surface area (Å²) in [7, 11) is 0. The highest BCUT2D eigenvalue weighted by atomic mass is 16.1. The fraction of sp³-hybridized carbons (Fsp3) is 0.241. The molecule has 0 aliphatic heterocycles. The van der Waals surface area contributed by atoms with Crippen LogP contribution in [0.1, 0.15) is 65.3 Å². The molecule has 5 heteroatoms. The van der Waals surface area contributed by atoms with Gasteiger partial charge >= 0.3 is 0 Å². The third kappa shape index (κ3) is 5.37. The van der Waals surface area contributed by atoms with Gasteiger partial charge in [0.2, 0.25) is 0 Å². The van der Waals surface area contributed by atoms with Crippen LogP contribution in [0.2, 0.25) is 0 Å². The van der Waals surface area contributed by atoms with Gasteiger partial charge in [0.1, 0.15) is 5.82 Å². The Kier molecular flexibility index (Phi) is 7.12. The van der Waals surface area contributed by atoms with E-state index in [4.69, 9.17) is 0 Å². The second-order valence-electron chi connectivity index (χ2n) is 8.76. The van der Waals surface area contributed by atoms with Crippen molar-refractivity contribution in [1.29, 1.82) is 0 Å². The van der Waals surface area contributed by atoms with Crippen LogP contribution in [0.4, 0.5) is 5.69 Å². The molecule has 4 rings (SSSR count). The zero-order valence-corrected chi connectivity index (χ0v) is 20.2. The van der Waals surface area contributed by atoms with Crippen molar-refractivity contribution in [2.75, 3.05) is 5.32 Å². The van der Waals surface area contributed by atoms with Gasteiger partial charge in [-0.3, -0.25) is 9.78 Å². The van der Waals surface area contributed by atoms with E-state index in [0.717, 1.165) is 46.0 Å². The molecule has 4 aromatic rings. The fourth-order valence-corrected chi connectivity index (χ4v) is 3.89. The molecule has 1 amide bonds. The maximum atomic E-state index is 13.0. The molecule has 0 unspecified atom stereocenters. The van der Waals surface area contributed by atoms with E-state index < -0.39 is 0 Å². The van der Waals surface area contributed by atoms with E-state index in [0.29, 0.717) is 17.9 Å². The molecule has 0 radical (unpaired) electrons. The van der Waals surface area contributed by atoms with E-state index in [1.165, 1.54) is 5.56 Å². The molecule has 0 aliphatic rings. The molecular weight excluding hydrogens is 420 g/mol. The summed E-state index contributed by atoms with van der Waals surface area (Å²) >= 11 is 0. The fourth-order valence-electron chi connectivity index (χ4n) is 3.89. The summed E-state index contributed by atoms with van der Waals surface area (Å²) in [5, 5.41) is 3.04. The summed E-state index contributed by atoms with van der Waals surface area (Å²) in [4.78, 5) is 26.7. The number of aromatic nitrogens is 3. The molecule has 0 aliphatic carbocycles. The zero-order valence-electron chi connectivity index (χ0n) is 20.2. The summed E-state index contributed by atoms with van der Waals surface area (Å²) in [6.07, 6.45) is 4.98. The lowest BCUT2D eigenvalue weighted by Gasteiger charge is -2.13. The van der Waals surface area contributed by atoms with E-state index in [-0.39, 0.29) is 5.91 Å². The Morgan fingerprint density at radius 2 is 1.82 bits per heavy atom. The van der Waals surface area contributed by atoms with Crippen LogP contribution in [0.15, 0.2) is 73.1 Å². The molecule has 5 nitrogen and oxygen atoms in total. The molecule has 0 spiro atoms. The van der Waals surface area contributed by atoms with Crippen molar-refractivity contribution < 1.29 is 4.79 Å². The number of nitrogens with zero attached hydrogens (tertiary/aromatic N) is 3. The van der Waals surface area contributed by atoms with Gasteiger partial charge in [0.25, 0.3) is 5.91 Å². The average molecular weight is 451 g/mol. The van der Waals surface area contributed by atoms with E-state index in [1.807, 2.05) is 61.5 Å². The van der Waals surface area contributed by atoms with Crippen LogP contribution in [0, 0.1) is 6.92 Å². The highest BCUT2D eigenvalue weighted by molar-refractivity contribution is 6.04. The van der Waals surface area contributed by atoms with Crippen molar-refractivity contribution >= 4 is 11.6 Å². The summed E-state index contributed by atoms with van der Waals surface area (Å²) < 4.78 is 0. The van der Waals surface area contributed by atoms with Crippen LogP contribution in [-0.4, -0.2) is 20.9 Å². The topological polar surface area (TPSA) is 67.8 Å². The maximum Gasteiger partial charge on any atom is 0.255 e. The summed E-state index contributed by atoms with van der Waals surface area (Å²) in [6, 6.07) is 19.7. The predicted octanol–water partition coefficient (Wildman–Crippen LogP) is 6.38. The Hall–Kier alpha value is -3.86. The largest absolute Gasteiger partial charge is 0.322 e. The summed E-state index contributed by atoms with van der Waals surface area (Å²) in [5.41, 5.74) is 7.59. The van der Waals surface area contributed by atoms with E-state index in [2.05, 4.69) is 47.1 Å². The second-order valence-corrected chi connectivity index (χ2v) is 8.76. The first-order valence-electron chi connectivity index (χ1n) is 11.7. The predicted molar refractivity (Wildman–Crippen MR) is 137 cm³/mol. The third-order valence-corrected chi connectivity index (χ3v) is 5.97. The van der Waals surface area contributed by atoms with Crippen LogP contribution in [0.3, 0.4) is 0 Å². The minimum Gasteiger partial charge on any atom is -0.322 e. The van der Waals surface area contributed by atoms with Crippen molar-refractivity contribution in [1.82, 2.24) is 15.0 Å². The zero-order chi connectivity index (χ0) is 24.1.